The normalized spacial score (nSPS) is 12.6. The first-order chi connectivity index (χ1) is 9.28. The van der Waals surface area contributed by atoms with E-state index in [1.165, 1.54) is 4.31 Å². The predicted molar refractivity (Wildman–Crippen MR) is 83.1 cm³/mol. The summed E-state index contributed by atoms with van der Waals surface area (Å²) in [6.07, 6.45) is 0.829. The summed E-state index contributed by atoms with van der Waals surface area (Å²) in [5.41, 5.74) is 0. The van der Waals surface area contributed by atoms with E-state index >= 15 is 0 Å². The van der Waals surface area contributed by atoms with Crippen molar-refractivity contribution in [3.05, 3.63) is 16.5 Å². The molecule has 0 radical (unpaired) electrons. The third kappa shape index (κ3) is 4.58. The molecule has 0 saturated carbocycles. The van der Waals surface area contributed by atoms with Gasteiger partial charge in [-0.2, -0.15) is 0 Å². The van der Waals surface area contributed by atoms with Crippen LogP contribution in [0.5, 0.6) is 0 Å². The fourth-order valence-electron chi connectivity index (χ4n) is 1.64. The van der Waals surface area contributed by atoms with Gasteiger partial charge in [0, 0.05) is 19.7 Å². The second kappa shape index (κ2) is 7.59. The molecule has 0 aromatic carbocycles. The first-order valence-electron chi connectivity index (χ1n) is 6.74. The van der Waals surface area contributed by atoms with Gasteiger partial charge in [-0.3, -0.25) is 0 Å². The van der Waals surface area contributed by atoms with Gasteiger partial charge in [-0.25, -0.2) is 12.7 Å². The van der Waals surface area contributed by atoms with Crippen LogP contribution in [0.15, 0.2) is 20.0 Å². The summed E-state index contributed by atoms with van der Waals surface area (Å²) in [5.74, 6) is 1.07. The topological polar surface area (TPSA) is 62.6 Å². The SMILES string of the molecule is CCNCc1cc(S(=O)(=O)N(C)CCC(C)C)c(Br)o1. The number of hydrogen-bond donors (Lipinski definition) is 1. The predicted octanol–water partition coefficient (Wildman–Crippen LogP) is 2.82. The average Bonchev–Trinajstić information content (AvgIpc) is 2.75. The van der Waals surface area contributed by atoms with Crippen molar-refractivity contribution in [1.29, 1.82) is 0 Å². The molecule has 0 fully saturated rings. The van der Waals surface area contributed by atoms with Gasteiger partial charge in [0.25, 0.3) is 0 Å². The van der Waals surface area contributed by atoms with Crippen LogP contribution in [0, 0.1) is 5.92 Å². The summed E-state index contributed by atoms with van der Waals surface area (Å²) in [5, 5.41) is 3.10. The van der Waals surface area contributed by atoms with Crippen LogP contribution >= 0.6 is 15.9 Å². The number of rotatable bonds is 8. The van der Waals surface area contributed by atoms with E-state index in [2.05, 4.69) is 35.1 Å². The number of sulfonamides is 1. The molecule has 0 bridgehead atoms. The summed E-state index contributed by atoms with van der Waals surface area (Å²) < 4.78 is 32.0. The zero-order valence-electron chi connectivity index (χ0n) is 12.4. The summed E-state index contributed by atoms with van der Waals surface area (Å²) >= 11 is 3.19. The number of hydrogen-bond acceptors (Lipinski definition) is 4. The van der Waals surface area contributed by atoms with Crippen molar-refractivity contribution in [1.82, 2.24) is 9.62 Å². The van der Waals surface area contributed by atoms with Crippen molar-refractivity contribution < 1.29 is 12.8 Å². The van der Waals surface area contributed by atoms with Crippen LogP contribution in [-0.4, -0.2) is 32.9 Å². The van der Waals surface area contributed by atoms with E-state index in [4.69, 9.17) is 4.42 Å². The van der Waals surface area contributed by atoms with Crippen LogP contribution in [0.1, 0.15) is 33.0 Å². The summed E-state index contributed by atoms with van der Waals surface area (Å²) in [4.78, 5) is 0.191. The molecule has 0 atom stereocenters. The Balaban J connectivity index is 2.88. The van der Waals surface area contributed by atoms with E-state index in [1.54, 1.807) is 13.1 Å². The van der Waals surface area contributed by atoms with Gasteiger partial charge in [0.15, 0.2) is 4.67 Å². The maximum Gasteiger partial charge on any atom is 0.247 e. The van der Waals surface area contributed by atoms with Crippen LogP contribution in [0.2, 0.25) is 0 Å². The van der Waals surface area contributed by atoms with Crippen LogP contribution in [0.4, 0.5) is 0 Å². The Bertz CT molecular complexity index is 526. The molecule has 0 aliphatic rings. The minimum atomic E-state index is -3.50. The lowest BCUT2D eigenvalue weighted by Gasteiger charge is -2.17. The lowest BCUT2D eigenvalue weighted by Crippen LogP contribution is -2.28. The second-order valence-corrected chi connectivity index (χ2v) is 7.87. The van der Waals surface area contributed by atoms with Crippen LogP contribution in [0.25, 0.3) is 0 Å². The highest BCUT2D eigenvalue weighted by Gasteiger charge is 2.26. The molecule has 1 aromatic rings. The van der Waals surface area contributed by atoms with Crippen molar-refractivity contribution in [2.45, 2.75) is 38.6 Å². The van der Waals surface area contributed by atoms with Crippen LogP contribution in [0.3, 0.4) is 0 Å². The Hall–Kier alpha value is -0.370. The third-order valence-electron chi connectivity index (χ3n) is 2.97. The van der Waals surface area contributed by atoms with Crippen LogP contribution in [-0.2, 0) is 16.6 Å². The largest absolute Gasteiger partial charge is 0.452 e. The van der Waals surface area contributed by atoms with Gasteiger partial charge in [0.05, 0.1) is 6.54 Å². The van der Waals surface area contributed by atoms with E-state index in [0.717, 1.165) is 13.0 Å². The molecule has 1 rings (SSSR count). The van der Waals surface area contributed by atoms with Gasteiger partial charge in [-0.05, 0) is 34.8 Å². The van der Waals surface area contributed by atoms with E-state index in [0.29, 0.717) is 24.8 Å². The van der Waals surface area contributed by atoms with Crippen molar-refractivity contribution >= 4 is 26.0 Å². The second-order valence-electron chi connectivity index (χ2n) is 5.14. The van der Waals surface area contributed by atoms with E-state index in [9.17, 15) is 8.42 Å². The number of nitrogens with one attached hydrogen (secondary N) is 1. The van der Waals surface area contributed by atoms with Crippen molar-refractivity contribution in [2.75, 3.05) is 20.1 Å². The molecule has 1 N–H and O–H groups in total. The highest BCUT2D eigenvalue weighted by atomic mass is 79.9. The molecule has 0 aliphatic heterocycles. The Morgan fingerprint density at radius 2 is 2.10 bits per heavy atom. The smallest absolute Gasteiger partial charge is 0.247 e. The minimum Gasteiger partial charge on any atom is -0.452 e. The highest BCUT2D eigenvalue weighted by Crippen LogP contribution is 2.28. The number of furan rings is 1. The lowest BCUT2D eigenvalue weighted by atomic mass is 10.1. The maximum atomic E-state index is 12.5. The van der Waals surface area contributed by atoms with Gasteiger partial charge in [-0.1, -0.05) is 20.8 Å². The average molecular weight is 367 g/mol. The number of nitrogens with zero attached hydrogens (tertiary/aromatic N) is 1. The molecular weight excluding hydrogens is 344 g/mol. The highest BCUT2D eigenvalue weighted by molar-refractivity contribution is 9.10. The minimum absolute atomic E-state index is 0.191. The molecule has 7 heteroatoms. The van der Waals surface area contributed by atoms with Gasteiger partial charge in [0.2, 0.25) is 10.0 Å². The molecule has 0 saturated heterocycles. The zero-order chi connectivity index (χ0) is 15.3. The quantitative estimate of drug-likeness (QED) is 0.768. The Morgan fingerprint density at radius 3 is 2.65 bits per heavy atom. The number of halogens is 1. The molecule has 20 heavy (non-hydrogen) atoms. The Morgan fingerprint density at radius 1 is 1.45 bits per heavy atom. The zero-order valence-corrected chi connectivity index (χ0v) is 14.8. The standard InChI is InChI=1S/C13H23BrN2O3S/c1-5-15-9-11-8-12(13(14)19-11)20(17,18)16(4)7-6-10(2)3/h8,10,15H,5-7,9H2,1-4H3. The molecule has 0 aliphatic carbocycles. The summed E-state index contributed by atoms with van der Waals surface area (Å²) in [7, 11) is -1.91. The van der Waals surface area contributed by atoms with E-state index in [1.807, 2.05) is 6.92 Å². The van der Waals surface area contributed by atoms with Gasteiger partial charge in [-0.15, -0.1) is 0 Å². The van der Waals surface area contributed by atoms with Gasteiger partial charge in [0.1, 0.15) is 10.7 Å². The Labute approximate surface area is 129 Å². The lowest BCUT2D eigenvalue weighted by molar-refractivity contribution is 0.425. The van der Waals surface area contributed by atoms with E-state index < -0.39 is 10.0 Å². The van der Waals surface area contributed by atoms with Crippen LogP contribution < -0.4 is 5.32 Å². The molecule has 0 unspecified atom stereocenters. The molecule has 1 aromatic heterocycles. The molecule has 116 valence electrons. The monoisotopic (exact) mass is 366 g/mol. The third-order valence-corrected chi connectivity index (χ3v) is 5.68. The molecule has 5 nitrogen and oxygen atoms in total. The fraction of sp³-hybridized carbons (Fsp3) is 0.692. The van der Waals surface area contributed by atoms with Crippen molar-refractivity contribution in [2.24, 2.45) is 5.92 Å². The fourth-order valence-corrected chi connectivity index (χ4v) is 3.78. The summed E-state index contributed by atoms with van der Waals surface area (Å²) in [6.45, 7) is 7.94. The summed E-state index contributed by atoms with van der Waals surface area (Å²) in [6, 6.07) is 1.58. The van der Waals surface area contributed by atoms with E-state index in [-0.39, 0.29) is 9.56 Å². The molecular formula is C13H23BrN2O3S. The Kier molecular flexibility index (Phi) is 6.71. The van der Waals surface area contributed by atoms with Gasteiger partial charge >= 0.3 is 0 Å². The first kappa shape index (κ1) is 17.7. The van der Waals surface area contributed by atoms with Gasteiger partial charge < -0.3 is 9.73 Å². The first-order valence-corrected chi connectivity index (χ1v) is 8.97. The van der Waals surface area contributed by atoms with Crippen molar-refractivity contribution in [3.8, 4) is 0 Å². The van der Waals surface area contributed by atoms with Crippen molar-refractivity contribution in [3.63, 3.8) is 0 Å². The molecule has 0 spiro atoms. The molecule has 1 heterocycles. The maximum absolute atomic E-state index is 12.5. The molecule has 0 amide bonds.